The molecule has 0 spiro atoms. The van der Waals surface area contributed by atoms with Crippen molar-refractivity contribution in [3.8, 4) is 0 Å². The molecule has 2 aromatic rings. The number of ether oxygens (including phenoxy) is 1. The Kier molecular flexibility index (Phi) is 5.73. The SMILES string of the molecule is COC(=O)c1cccc(NC(=O)Nc2ccc(N3CCCCC3)cc2)c1. The van der Waals surface area contributed by atoms with Crippen LogP contribution in [0.3, 0.4) is 0 Å². The number of esters is 1. The molecule has 0 saturated carbocycles. The number of piperidine rings is 1. The summed E-state index contributed by atoms with van der Waals surface area (Å²) in [6, 6.07) is 14.1. The predicted molar refractivity (Wildman–Crippen MR) is 103 cm³/mol. The Balaban J connectivity index is 1.58. The number of methoxy groups -OCH3 is 1. The van der Waals surface area contributed by atoms with Crippen LogP contribution in [0.2, 0.25) is 0 Å². The summed E-state index contributed by atoms with van der Waals surface area (Å²) in [5, 5.41) is 5.52. The van der Waals surface area contributed by atoms with Gasteiger partial charge in [-0.1, -0.05) is 6.07 Å². The molecule has 0 bridgehead atoms. The molecule has 26 heavy (non-hydrogen) atoms. The third-order valence-corrected chi connectivity index (χ3v) is 4.39. The summed E-state index contributed by atoms with van der Waals surface area (Å²) >= 11 is 0. The van der Waals surface area contributed by atoms with Crippen LogP contribution in [-0.4, -0.2) is 32.2 Å². The topological polar surface area (TPSA) is 70.7 Å². The van der Waals surface area contributed by atoms with Crippen LogP contribution >= 0.6 is 0 Å². The van der Waals surface area contributed by atoms with Gasteiger partial charge in [0.25, 0.3) is 0 Å². The Morgan fingerprint density at radius 1 is 0.923 bits per heavy atom. The maximum atomic E-state index is 12.2. The first kappa shape index (κ1) is 17.8. The van der Waals surface area contributed by atoms with Gasteiger partial charge in [-0.15, -0.1) is 0 Å². The number of hydrogen-bond acceptors (Lipinski definition) is 4. The molecule has 0 aliphatic carbocycles. The molecule has 3 rings (SSSR count). The zero-order valence-electron chi connectivity index (χ0n) is 14.8. The Morgan fingerprint density at radius 2 is 1.62 bits per heavy atom. The Bertz CT molecular complexity index is 768. The van der Waals surface area contributed by atoms with Crippen LogP contribution in [0.15, 0.2) is 48.5 Å². The van der Waals surface area contributed by atoms with E-state index in [0.717, 1.165) is 13.1 Å². The minimum absolute atomic E-state index is 0.363. The van der Waals surface area contributed by atoms with Crippen molar-refractivity contribution < 1.29 is 14.3 Å². The summed E-state index contributed by atoms with van der Waals surface area (Å²) in [7, 11) is 1.32. The fourth-order valence-corrected chi connectivity index (χ4v) is 3.04. The summed E-state index contributed by atoms with van der Waals surface area (Å²) in [5.74, 6) is -0.442. The molecule has 6 nitrogen and oxygen atoms in total. The molecule has 2 aromatic carbocycles. The molecule has 1 aliphatic rings. The van der Waals surface area contributed by atoms with Crippen LogP contribution < -0.4 is 15.5 Å². The number of anilines is 3. The van der Waals surface area contributed by atoms with Crippen molar-refractivity contribution in [2.45, 2.75) is 19.3 Å². The van der Waals surface area contributed by atoms with E-state index in [2.05, 4.69) is 20.3 Å². The smallest absolute Gasteiger partial charge is 0.337 e. The highest BCUT2D eigenvalue weighted by molar-refractivity contribution is 6.00. The Labute approximate surface area is 153 Å². The molecular formula is C20H23N3O3. The number of nitrogens with one attached hydrogen (secondary N) is 2. The highest BCUT2D eigenvalue weighted by atomic mass is 16.5. The summed E-state index contributed by atoms with van der Waals surface area (Å²) in [4.78, 5) is 26.1. The number of rotatable bonds is 4. The maximum Gasteiger partial charge on any atom is 0.337 e. The second kappa shape index (κ2) is 8.38. The zero-order chi connectivity index (χ0) is 18.4. The van der Waals surface area contributed by atoms with Crippen molar-refractivity contribution in [3.05, 3.63) is 54.1 Å². The van der Waals surface area contributed by atoms with Crippen molar-refractivity contribution in [1.82, 2.24) is 0 Å². The Hall–Kier alpha value is -3.02. The first-order chi connectivity index (χ1) is 12.7. The van der Waals surface area contributed by atoms with Gasteiger partial charge in [0, 0.05) is 30.2 Å². The van der Waals surface area contributed by atoms with Crippen LogP contribution in [0.4, 0.5) is 21.9 Å². The molecular weight excluding hydrogens is 330 g/mol. The molecule has 2 amide bonds. The lowest BCUT2D eigenvalue weighted by Gasteiger charge is -2.28. The third kappa shape index (κ3) is 4.53. The van der Waals surface area contributed by atoms with Crippen LogP contribution in [0.1, 0.15) is 29.6 Å². The molecule has 6 heteroatoms. The second-order valence-corrected chi connectivity index (χ2v) is 6.25. The molecule has 136 valence electrons. The van der Waals surface area contributed by atoms with Crippen LogP contribution in [0, 0.1) is 0 Å². The lowest BCUT2D eigenvalue weighted by molar-refractivity contribution is 0.0600. The molecule has 2 N–H and O–H groups in total. The van der Waals surface area contributed by atoms with Gasteiger partial charge in [0.1, 0.15) is 0 Å². The monoisotopic (exact) mass is 353 g/mol. The molecule has 1 heterocycles. The maximum absolute atomic E-state index is 12.2. The van der Waals surface area contributed by atoms with Gasteiger partial charge in [-0.25, -0.2) is 9.59 Å². The van der Waals surface area contributed by atoms with E-state index in [1.54, 1.807) is 24.3 Å². The minimum Gasteiger partial charge on any atom is -0.465 e. The van der Waals surface area contributed by atoms with Gasteiger partial charge in [-0.2, -0.15) is 0 Å². The van der Waals surface area contributed by atoms with E-state index >= 15 is 0 Å². The second-order valence-electron chi connectivity index (χ2n) is 6.25. The van der Waals surface area contributed by atoms with Crippen molar-refractivity contribution in [2.24, 2.45) is 0 Å². The summed E-state index contributed by atoms with van der Waals surface area (Å²) in [5.41, 5.74) is 2.81. The third-order valence-electron chi connectivity index (χ3n) is 4.39. The predicted octanol–water partition coefficient (Wildman–Crippen LogP) is 4.11. The highest BCUT2D eigenvalue weighted by Gasteiger charge is 2.11. The van der Waals surface area contributed by atoms with Crippen LogP contribution in [0.5, 0.6) is 0 Å². The molecule has 1 fully saturated rings. The number of amides is 2. The molecule has 0 aromatic heterocycles. The summed E-state index contributed by atoms with van der Waals surface area (Å²) in [6.45, 7) is 2.17. The number of carbonyl (C=O) groups excluding carboxylic acids is 2. The standard InChI is InChI=1S/C20H23N3O3/c1-26-19(24)15-6-5-7-17(14-15)22-20(25)21-16-8-10-18(11-9-16)23-12-3-2-4-13-23/h5-11,14H,2-4,12-13H2,1H3,(H2,21,22,25). The van der Waals surface area contributed by atoms with E-state index in [9.17, 15) is 9.59 Å². The van der Waals surface area contributed by atoms with Crippen molar-refractivity contribution >= 4 is 29.1 Å². The van der Waals surface area contributed by atoms with Gasteiger partial charge in [0.15, 0.2) is 0 Å². The fraction of sp³-hybridized carbons (Fsp3) is 0.300. The quantitative estimate of drug-likeness (QED) is 0.812. The molecule has 1 aliphatic heterocycles. The minimum atomic E-state index is -0.442. The Morgan fingerprint density at radius 3 is 2.31 bits per heavy atom. The average molecular weight is 353 g/mol. The van der Waals surface area contributed by atoms with Crippen LogP contribution in [0.25, 0.3) is 0 Å². The summed E-state index contributed by atoms with van der Waals surface area (Å²) < 4.78 is 4.68. The first-order valence-corrected chi connectivity index (χ1v) is 8.77. The van der Waals surface area contributed by atoms with E-state index in [4.69, 9.17) is 0 Å². The number of carbonyl (C=O) groups is 2. The average Bonchev–Trinajstić information content (AvgIpc) is 2.68. The number of nitrogens with zero attached hydrogens (tertiary/aromatic N) is 1. The van der Waals surface area contributed by atoms with Gasteiger partial charge in [-0.05, 0) is 61.7 Å². The fourth-order valence-electron chi connectivity index (χ4n) is 3.04. The van der Waals surface area contributed by atoms with Gasteiger partial charge in [0.2, 0.25) is 0 Å². The van der Waals surface area contributed by atoms with Crippen molar-refractivity contribution in [3.63, 3.8) is 0 Å². The van der Waals surface area contributed by atoms with Crippen molar-refractivity contribution in [1.29, 1.82) is 0 Å². The lowest BCUT2D eigenvalue weighted by Crippen LogP contribution is -2.29. The number of hydrogen-bond donors (Lipinski definition) is 2. The lowest BCUT2D eigenvalue weighted by atomic mass is 10.1. The first-order valence-electron chi connectivity index (χ1n) is 8.77. The molecule has 1 saturated heterocycles. The van der Waals surface area contributed by atoms with E-state index in [-0.39, 0.29) is 6.03 Å². The number of benzene rings is 2. The van der Waals surface area contributed by atoms with E-state index < -0.39 is 5.97 Å². The van der Waals surface area contributed by atoms with Gasteiger partial charge in [-0.3, -0.25) is 0 Å². The number of urea groups is 1. The highest BCUT2D eigenvalue weighted by Crippen LogP contribution is 2.22. The van der Waals surface area contributed by atoms with E-state index in [0.29, 0.717) is 16.9 Å². The van der Waals surface area contributed by atoms with Crippen LogP contribution in [-0.2, 0) is 4.74 Å². The van der Waals surface area contributed by atoms with Gasteiger partial charge < -0.3 is 20.3 Å². The zero-order valence-corrected chi connectivity index (χ0v) is 14.8. The largest absolute Gasteiger partial charge is 0.465 e. The molecule has 0 unspecified atom stereocenters. The van der Waals surface area contributed by atoms with Gasteiger partial charge in [0.05, 0.1) is 12.7 Å². The van der Waals surface area contributed by atoms with E-state index in [1.165, 1.54) is 32.1 Å². The summed E-state index contributed by atoms with van der Waals surface area (Å²) in [6.07, 6.45) is 3.76. The molecule has 0 atom stereocenters. The normalized spacial score (nSPS) is 13.8. The van der Waals surface area contributed by atoms with Gasteiger partial charge >= 0.3 is 12.0 Å². The molecule has 0 radical (unpaired) electrons. The van der Waals surface area contributed by atoms with Crippen molar-refractivity contribution in [2.75, 3.05) is 35.7 Å². The van der Waals surface area contributed by atoms with E-state index in [1.807, 2.05) is 24.3 Å².